The number of likely N-dealkylation sites (tertiary alicyclic amines) is 1. The normalized spacial score (nSPS) is 15.2. The summed E-state index contributed by atoms with van der Waals surface area (Å²) in [5, 5.41) is 12.3. The van der Waals surface area contributed by atoms with Gasteiger partial charge in [-0.15, -0.1) is 0 Å². The zero-order valence-electron chi connectivity index (χ0n) is 27.0. The number of nitrogens with zero attached hydrogens (tertiary/aromatic N) is 1. The van der Waals surface area contributed by atoms with Gasteiger partial charge in [-0.1, -0.05) is 78.1 Å². The molecule has 0 aliphatic carbocycles. The van der Waals surface area contributed by atoms with E-state index in [-0.39, 0.29) is 37.6 Å². The van der Waals surface area contributed by atoms with Crippen LogP contribution in [-0.4, -0.2) is 87.1 Å². The second-order valence-corrected chi connectivity index (χ2v) is 11.7. The van der Waals surface area contributed by atoms with Gasteiger partial charge in [0.05, 0.1) is 25.7 Å². The molecule has 0 aromatic heterocycles. The Labute approximate surface area is 256 Å². The van der Waals surface area contributed by atoms with E-state index in [2.05, 4.69) is 31.0 Å². The summed E-state index contributed by atoms with van der Waals surface area (Å²) in [4.78, 5) is 26.6. The highest BCUT2D eigenvalue weighted by atomic mass is 16.7. The largest absolute Gasteiger partial charge is 0.465 e. The molecule has 0 aromatic carbocycles. The number of ether oxygens (including phenoxy) is 4. The van der Waals surface area contributed by atoms with Gasteiger partial charge in [0.25, 0.3) is 0 Å². The van der Waals surface area contributed by atoms with E-state index in [1.54, 1.807) is 0 Å². The lowest BCUT2D eigenvalue weighted by molar-refractivity contribution is -0.160. The highest BCUT2D eigenvalue weighted by molar-refractivity contribution is 5.69. The van der Waals surface area contributed by atoms with Gasteiger partial charge >= 0.3 is 12.1 Å². The van der Waals surface area contributed by atoms with E-state index in [1.807, 2.05) is 0 Å². The number of hydrogen-bond acceptors (Lipinski definition) is 8. The molecule has 0 spiro atoms. The predicted octanol–water partition coefficient (Wildman–Crippen LogP) is 6.41. The van der Waals surface area contributed by atoms with Crippen molar-refractivity contribution in [1.29, 1.82) is 0 Å². The van der Waals surface area contributed by atoms with Crippen molar-refractivity contribution in [3.63, 3.8) is 0 Å². The van der Waals surface area contributed by atoms with Gasteiger partial charge in [0.2, 0.25) is 0 Å². The molecular weight excluding hydrogens is 536 g/mol. The average Bonchev–Trinajstić information content (AvgIpc) is 2.99. The van der Waals surface area contributed by atoms with Gasteiger partial charge in [0.15, 0.2) is 6.29 Å². The number of amides is 1. The smallest absolute Gasteiger partial charge is 0.407 e. The Morgan fingerprint density at radius 1 is 0.833 bits per heavy atom. The molecule has 0 aromatic rings. The summed E-state index contributed by atoms with van der Waals surface area (Å²) in [6.07, 6.45) is 16.4. The third-order valence-electron chi connectivity index (χ3n) is 7.60. The van der Waals surface area contributed by atoms with Crippen LogP contribution in [0.25, 0.3) is 0 Å². The zero-order valence-corrected chi connectivity index (χ0v) is 27.0. The number of esters is 1. The van der Waals surface area contributed by atoms with E-state index in [9.17, 15) is 14.7 Å². The highest BCUT2D eigenvalue weighted by Crippen LogP contribution is 2.13. The number of unbranched alkanes of at least 4 members (excludes halogenated alkanes) is 10. The van der Waals surface area contributed by atoms with Gasteiger partial charge in [0.1, 0.15) is 0 Å². The van der Waals surface area contributed by atoms with Gasteiger partial charge in [-0.05, 0) is 45.6 Å². The monoisotopic (exact) mass is 599 g/mol. The Balaban J connectivity index is 2.18. The van der Waals surface area contributed by atoms with Crippen molar-refractivity contribution >= 4 is 12.1 Å². The number of rotatable bonds is 27. The number of piperidine rings is 1. The minimum Gasteiger partial charge on any atom is -0.465 e. The number of aliphatic hydroxyl groups is 1. The molecule has 1 saturated heterocycles. The molecule has 1 fully saturated rings. The van der Waals surface area contributed by atoms with Gasteiger partial charge in [-0.2, -0.15) is 0 Å². The molecule has 1 aliphatic heterocycles. The molecular formula is C33H63N2O7. The predicted molar refractivity (Wildman–Crippen MR) is 167 cm³/mol. The fraction of sp³-hybridized carbons (Fsp3) is 0.909. The van der Waals surface area contributed by atoms with Crippen LogP contribution < -0.4 is 5.32 Å². The second-order valence-electron chi connectivity index (χ2n) is 11.7. The van der Waals surface area contributed by atoms with Crippen LogP contribution in [0.15, 0.2) is 0 Å². The third-order valence-corrected chi connectivity index (χ3v) is 7.60. The summed E-state index contributed by atoms with van der Waals surface area (Å²) in [7, 11) is 0. The maximum absolute atomic E-state index is 12.4. The lowest BCUT2D eigenvalue weighted by atomic mass is 10.1. The Morgan fingerprint density at radius 2 is 1.38 bits per heavy atom. The van der Waals surface area contributed by atoms with Crippen LogP contribution >= 0.6 is 0 Å². The first-order valence-corrected chi connectivity index (χ1v) is 17.0. The fourth-order valence-electron chi connectivity index (χ4n) is 4.86. The molecule has 9 heteroatoms. The van der Waals surface area contributed by atoms with Crippen molar-refractivity contribution in [2.24, 2.45) is 5.92 Å². The summed E-state index contributed by atoms with van der Waals surface area (Å²) in [6.45, 7) is 13.0. The van der Waals surface area contributed by atoms with E-state index < -0.39 is 12.4 Å². The topological polar surface area (TPSA) is 107 Å². The van der Waals surface area contributed by atoms with Gasteiger partial charge < -0.3 is 34.3 Å². The molecule has 1 atom stereocenters. The first-order valence-electron chi connectivity index (χ1n) is 17.0. The zero-order chi connectivity index (χ0) is 30.7. The second kappa shape index (κ2) is 27.2. The van der Waals surface area contributed by atoms with Crippen molar-refractivity contribution in [2.75, 3.05) is 52.6 Å². The van der Waals surface area contributed by atoms with E-state index in [1.165, 1.54) is 51.4 Å². The summed E-state index contributed by atoms with van der Waals surface area (Å²) in [5.74, 6) is -0.669. The quantitative estimate of drug-likeness (QED) is 0.0634. The lowest BCUT2D eigenvalue weighted by Crippen LogP contribution is -2.37. The number of carbonyl (C=O) groups is 2. The number of alkyl carbamates (subject to hydrolysis) is 1. The Bertz CT molecular complexity index is 626. The number of carbonyl (C=O) groups excluding carboxylic acids is 2. The van der Waals surface area contributed by atoms with E-state index in [0.29, 0.717) is 26.2 Å². The van der Waals surface area contributed by atoms with Crippen LogP contribution in [-0.2, 0) is 23.7 Å². The van der Waals surface area contributed by atoms with E-state index >= 15 is 0 Å². The molecule has 1 aliphatic rings. The maximum Gasteiger partial charge on any atom is 0.407 e. The fourth-order valence-corrected chi connectivity index (χ4v) is 4.86. The molecule has 9 nitrogen and oxygen atoms in total. The summed E-state index contributed by atoms with van der Waals surface area (Å²) in [5.41, 5.74) is 0. The number of nitrogens with one attached hydrogen (secondary N) is 1. The van der Waals surface area contributed by atoms with Crippen molar-refractivity contribution in [3.8, 4) is 0 Å². The molecule has 1 rings (SSSR count). The minimum atomic E-state index is -0.489. The molecule has 42 heavy (non-hydrogen) atoms. The number of hydrogen-bond donors (Lipinski definition) is 2. The van der Waals surface area contributed by atoms with Crippen molar-refractivity contribution in [2.45, 2.75) is 135 Å². The van der Waals surface area contributed by atoms with Crippen molar-refractivity contribution in [3.05, 3.63) is 6.92 Å². The Kier molecular flexibility index (Phi) is 25.0. The highest BCUT2D eigenvalue weighted by Gasteiger charge is 2.17. The van der Waals surface area contributed by atoms with Crippen LogP contribution in [0.4, 0.5) is 4.79 Å². The Hall–Kier alpha value is -1.42. The molecule has 0 bridgehead atoms. The standard InChI is InChI=1S/C33H63N2O7/c1-4-6-8-10-12-14-25-39-32(40-26-15-13-11-9-7-5-2)18-17-31(37)41-27-29(3)28-42-33(38)34-21-16-22-35-23-19-30(36)20-24-35/h29-30,32,36H,3-28H2,1-2H3,(H,34,38). The SMILES string of the molecule is [CH2]C(COC(=O)CCC(OCCCCCCCC)OCCCCCCCC)COC(=O)NCCCN1CCC(O)CC1. The van der Waals surface area contributed by atoms with E-state index in [0.717, 1.165) is 64.6 Å². The molecule has 1 heterocycles. The van der Waals surface area contributed by atoms with E-state index in [4.69, 9.17) is 18.9 Å². The van der Waals surface area contributed by atoms with Gasteiger partial charge in [-0.25, -0.2) is 4.79 Å². The first-order chi connectivity index (χ1) is 20.4. The summed E-state index contributed by atoms with van der Waals surface area (Å²) < 4.78 is 22.6. The summed E-state index contributed by atoms with van der Waals surface area (Å²) in [6, 6.07) is 0. The van der Waals surface area contributed by atoms with Crippen LogP contribution in [0.1, 0.15) is 123 Å². The molecule has 1 amide bonds. The van der Waals surface area contributed by atoms with Crippen LogP contribution in [0.2, 0.25) is 0 Å². The van der Waals surface area contributed by atoms with Crippen molar-refractivity contribution in [1.82, 2.24) is 10.2 Å². The van der Waals surface area contributed by atoms with Gasteiger partial charge in [0, 0.05) is 45.2 Å². The lowest BCUT2D eigenvalue weighted by Gasteiger charge is -2.29. The summed E-state index contributed by atoms with van der Waals surface area (Å²) >= 11 is 0. The number of aliphatic hydroxyl groups excluding tert-OH is 1. The Morgan fingerprint density at radius 3 is 1.98 bits per heavy atom. The average molecular weight is 600 g/mol. The molecule has 1 unspecified atom stereocenters. The minimum absolute atomic E-state index is 0.0779. The van der Waals surface area contributed by atoms with Crippen molar-refractivity contribution < 1.29 is 33.6 Å². The first kappa shape index (κ1) is 38.6. The molecule has 2 N–H and O–H groups in total. The molecule has 247 valence electrons. The van der Waals surface area contributed by atoms with Gasteiger partial charge in [-0.3, -0.25) is 4.79 Å². The van der Waals surface area contributed by atoms with Crippen LogP contribution in [0, 0.1) is 12.8 Å². The van der Waals surface area contributed by atoms with Crippen LogP contribution in [0.5, 0.6) is 0 Å². The van der Waals surface area contributed by atoms with Crippen LogP contribution in [0.3, 0.4) is 0 Å². The molecule has 1 radical (unpaired) electrons. The molecule has 0 saturated carbocycles. The maximum atomic E-state index is 12.4. The third kappa shape index (κ3) is 23.1.